The number of carbonyl (C=O) groups is 1. The summed E-state index contributed by atoms with van der Waals surface area (Å²) in [7, 11) is 1.68. The molecule has 4 heteroatoms. The zero-order chi connectivity index (χ0) is 14.9. The monoisotopic (exact) mass is 288 g/mol. The summed E-state index contributed by atoms with van der Waals surface area (Å²) in [4.78, 5) is 12.7. The Labute approximate surface area is 126 Å². The van der Waals surface area contributed by atoms with E-state index in [2.05, 4.69) is 16.7 Å². The standard InChI is InChI=1S/C17H24N2O2/c1-12-5-6-13(10-15(12)21-2)17(7-8-17)16(20)19-14-4-3-9-18-11-14/h5-6,10,14,18H,3-4,7-9,11H2,1-2H3,(H,19,20)/t14-/m0/s1. The van der Waals surface area contributed by atoms with E-state index >= 15 is 0 Å². The molecule has 21 heavy (non-hydrogen) atoms. The SMILES string of the molecule is COc1cc(C2(C(=O)N[C@H]3CCCNC3)CC2)ccc1C. The number of rotatable bonds is 4. The molecule has 2 fully saturated rings. The van der Waals surface area contributed by atoms with Crippen LogP contribution in [-0.2, 0) is 10.2 Å². The van der Waals surface area contributed by atoms with Gasteiger partial charge in [-0.3, -0.25) is 4.79 Å². The molecule has 1 saturated heterocycles. The largest absolute Gasteiger partial charge is 0.496 e. The molecule has 0 aromatic heterocycles. The van der Waals surface area contributed by atoms with Gasteiger partial charge in [-0.2, -0.15) is 0 Å². The molecule has 1 amide bonds. The number of methoxy groups -OCH3 is 1. The molecule has 1 aliphatic heterocycles. The van der Waals surface area contributed by atoms with Crippen LogP contribution in [0, 0.1) is 6.92 Å². The average molecular weight is 288 g/mol. The van der Waals surface area contributed by atoms with Crippen molar-refractivity contribution in [3.8, 4) is 5.75 Å². The van der Waals surface area contributed by atoms with Crippen molar-refractivity contribution in [2.24, 2.45) is 0 Å². The Hall–Kier alpha value is -1.55. The van der Waals surface area contributed by atoms with E-state index in [0.29, 0.717) is 0 Å². The summed E-state index contributed by atoms with van der Waals surface area (Å²) in [5.74, 6) is 1.05. The second kappa shape index (κ2) is 5.68. The van der Waals surface area contributed by atoms with E-state index in [1.54, 1.807) is 7.11 Å². The number of carbonyl (C=O) groups excluding carboxylic acids is 1. The zero-order valence-electron chi connectivity index (χ0n) is 12.9. The van der Waals surface area contributed by atoms with Crippen LogP contribution in [0.3, 0.4) is 0 Å². The van der Waals surface area contributed by atoms with Crippen LogP contribution in [0.2, 0.25) is 0 Å². The van der Waals surface area contributed by atoms with E-state index in [1.807, 2.05) is 19.1 Å². The first-order chi connectivity index (χ1) is 10.2. The van der Waals surface area contributed by atoms with Gasteiger partial charge in [0.1, 0.15) is 5.75 Å². The molecule has 1 atom stereocenters. The summed E-state index contributed by atoms with van der Waals surface area (Å²) in [6.45, 7) is 3.97. The van der Waals surface area contributed by atoms with Crippen LogP contribution >= 0.6 is 0 Å². The minimum atomic E-state index is -0.321. The first-order valence-electron chi connectivity index (χ1n) is 7.82. The molecule has 1 aliphatic carbocycles. The highest BCUT2D eigenvalue weighted by Gasteiger charge is 2.51. The number of ether oxygens (including phenoxy) is 1. The molecule has 2 aliphatic rings. The van der Waals surface area contributed by atoms with Crippen LogP contribution in [0.5, 0.6) is 5.75 Å². The number of hydrogen-bond acceptors (Lipinski definition) is 3. The first kappa shape index (κ1) is 14.4. The van der Waals surface area contributed by atoms with Gasteiger partial charge < -0.3 is 15.4 Å². The summed E-state index contributed by atoms with van der Waals surface area (Å²) in [5, 5.41) is 6.57. The molecular weight excluding hydrogens is 264 g/mol. The lowest BCUT2D eigenvalue weighted by molar-refractivity contribution is -0.124. The molecule has 1 saturated carbocycles. The van der Waals surface area contributed by atoms with E-state index in [1.165, 1.54) is 0 Å². The maximum atomic E-state index is 12.7. The molecule has 4 nitrogen and oxygen atoms in total. The van der Waals surface area contributed by atoms with Gasteiger partial charge in [0, 0.05) is 12.6 Å². The third-order valence-corrected chi connectivity index (χ3v) is 4.78. The minimum absolute atomic E-state index is 0.183. The van der Waals surface area contributed by atoms with Crippen LogP contribution in [0.15, 0.2) is 18.2 Å². The molecule has 0 bridgehead atoms. The lowest BCUT2D eigenvalue weighted by atomic mass is 9.93. The van der Waals surface area contributed by atoms with E-state index in [9.17, 15) is 4.79 Å². The molecule has 0 radical (unpaired) electrons. The van der Waals surface area contributed by atoms with E-state index < -0.39 is 0 Å². The molecule has 1 aromatic rings. The maximum absolute atomic E-state index is 12.7. The quantitative estimate of drug-likeness (QED) is 0.890. The zero-order valence-corrected chi connectivity index (χ0v) is 12.9. The Bertz CT molecular complexity index is 532. The highest BCUT2D eigenvalue weighted by Crippen LogP contribution is 2.49. The summed E-state index contributed by atoms with van der Waals surface area (Å²) in [5.41, 5.74) is 1.87. The summed E-state index contributed by atoms with van der Waals surface area (Å²) >= 11 is 0. The summed E-state index contributed by atoms with van der Waals surface area (Å²) < 4.78 is 5.40. The number of amides is 1. The Balaban J connectivity index is 1.75. The summed E-state index contributed by atoms with van der Waals surface area (Å²) in [6, 6.07) is 6.42. The number of nitrogens with one attached hydrogen (secondary N) is 2. The van der Waals surface area contributed by atoms with E-state index in [-0.39, 0.29) is 17.4 Å². The van der Waals surface area contributed by atoms with E-state index in [0.717, 1.165) is 55.6 Å². The fourth-order valence-electron chi connectivity index (χ4n) is 3.19. The fourth-order valence-corrected chi connectivity index (χ4v) is 3.19. The fraction of sp³-hybridized carbons (Fsp3) is 0.588. The summed E-state index contributed by atoms with van der Waals surface area (Å²) in [6.07, 6.45) is 4.08. The number of benzene rings is 1. The van der Waals surface area contributed by atoms with Crippen molar-refractivity contribution in [1.29, 1.82) is 0 Å². The number of aryl methyl sites for hydroxylation is 1. The number of hydrogen-bond donors (Lipinski definition) is 2. The molecule has 1 heterocycles. The lowest BCUT2D eigenvalue weighted by Gasteiger charge is -2.26. The molecule has 1 aromatic carbocycles. The van der Waals surface area contributed by atoms with Gasteiger partial charge in [0.05, 0.1) is 12.5 Å². The van der Waals surface area contributed by atoms with Crippen LogP contribution in [-0.4, -0.2) is 32.1 Å². The molecule has 114 valence electrons. The predicted molar refractivity (Wildman–Crippen MR) is 82.7 cm³/mol. The Morgan fingerprint density at radius 3 is 2.86 bits per heavy atom. The average Bonchev–Trinajstić information content (AvgIpc) is 3.30. The van der Waals surface area contributed by atoms with Crippen molar-refractivity contribution in [2.45, 2.75) is 44.1 Å². The van der Waals surface area contributed by atoms with Gasteiger partial charge in [0.15, 0.2) is 0 Å². The molecule has 3 rings (SSSR count). The van der Waals surface area contributed by atoms with Gasteiger partial charge in [0.2, 0.25) is 5.91 Å². The predicted octanol–water partition coefficient (Wildman–Crippen LogP) is 1.90. The van der Waals surface area contributed by atoms with Gasteiger partial charge in [0.25, 0.3) is 0 Å². The van der Waals surface area contributed by atoms with Gasteiger partial charge in [-0.1, -0.05) is 12.1 Å². The maximum Gasteiger partial charge on any atom is 0.230 e. The van der Waals surface area contributed by atoms with Crippen molar-refractivity contribution in [2.75, 3.05) is 20.2 Å². The van der Waals surface area contributed by atoms with Crippen LogP contribution in [0.4, 0.5) is 0 Å². The van der Waals surface area contributed by atoms with Gasteiger partial charge in [-0.05, 0) is 56.3 Å². The Morgan fingerprint density at radius 2 is 2.24 bits per heavy atom. The van der Waals surface area contributed by atoms with Crippen LogP contribution in [0.25, 0.3) is 0 Å². The van der Waals surface area contributed by atoms with Crippen molar-refractivity contribution >= 4 is 5.91 Å². The highest BCUT2D eigenvalue weighted by atomic mass is 16.5. The topological polar surface area (TPSA) is 50.4 Å². The third-order valence-electron chi connectivity index (χ3n) is 4.78. The van der Waals surface area contributed by atoms with Crippen LogP contribution in [0.1, 0.15) is 36.8 Å². The van der Waals surface area contributed by atoms with Gasteiger partial charge >= 0.3 is 0 Å². The molecule has 2 N–H and O–H groups in total. The van der Waals surface area contributed by atoms with Crippen LogP contribution < -0.4 is 15.4 Å². The Morgan fingerprint density at radius 1 is 1.43 bits per heavy atom. The molecule has 0 unspecified atom stereocenters. The van der Waals surface area contributed by atoms with Gasteiger partial charge in [-0.25, -0.2) is 0 Å². The second-order valence-electron chi connectivity index (χ2n) is 6.28. The van der Waals surface area contributed by atoms with Crippen molar-refractivity contribution < 1.29 is 9.53 Å². The molecular formula is C17H24N2O2. The van der Waals surface area contributed by atoms with Crippen molar-refractivity contribution in [3.63, 3.8) is 0 Å². The lowest BCUT2D eigenvalue weighted by Crippen LogP contribution is -2.48. The number of piperidine rings is 1. The molecule has 0 spiro atoms. The normalized spacial score (nSPS) is 23.4. The highest BCUT2D eigenvalue weighted by molar-refractivity contribution is 5.91. The van der Waals surface area contributed by atoms with E-state index in [4.69, 9.17) is 4.74 Å². The smallest absolute Gasteiger partial charge is 0.230 e. The minimum Gasteiger partial charge on any atom is -0.496 e. The second-order valence-corrected chi connectivity index (χ2v) is 6.28. The third kappa shape index (κ3) is 2.77. The first-order valence-corrected chi connectivity index (χ1v) is 7.82. The van der Waals surface area contributed by atoms with Crippen molar-refractivity contribution in [1.82, 2.24) is 10.6 Å². The van der Waals surface area contributed by atoms with Crippen molar-refractivity contribution in [3.05, 3.63) is 29.3 Å². The Kier molecular flexibility index (Phi) is 3.89. The van der Waals surface area contributed by atoms with Gasteiger partial charge in [-0.15, -0.1) is 0 Å².